The fourth-order valence-corrected chi connectivity index (χ4v) is 9.44. The predicted octanol–water partition coefficient (Wildman–Crippen LogP) is 7.00. The molecule has 0 radical (unpaired) electrons. The predicted molar refractivity (Wildman–Crippen MR) is 145 cm³/mol. The summed E-state index contributed by atoms with van der Waals surface area (Å²) in [5.74, 6) is 1.09. The van der Waals surface area contributed by atoms with E-state index < -0.39 is 15.3 Å². The zero-order chi connectivity index (χ0) is 25.5. The Balaban J connectivity index is 2.07. The lowest BCUT2D eigenvalue weighted by molar-refractivity contribution is 0.0718. The summed E-state index contributed by atoms with van der Waals surface area (Å²) in [5, 5.41) is 0. The zero-order valence-corrected chi connectivity index (χ0v) is 23.3. The van der Waals surface area contributed by atoms with Gasteiger partial charge in [0.05, 0.1) is 17.8 Å². The third-order valence-electron chi connectivity index (χ3n) is 9.23. The van der Waals surface area contributed by atoms with E-state index in [0.29, 0.717) is 4.90 Å². The molecule has 0 aromatic heterocycles. The average Bonchev–Trinajstić information content (AvgIpc) is 3.67. The maximum Gasteiger partial charge on any atom is 0.179 e. The van der Waals surface area contributed by atoms with Crippen LogP contribution in [0.5, 0.6) is 5.75 Å². The van der Waals surface area contributed by atoms with E-state index in [1.807, 2.05) is 38.4 Å². The van der Waals surface area contributed by atoms with Gasteiger partial charge in [0.2, 0.25) is 0 Å². The van der Waals surface area contributed by atoms with Crippen molar-refractivity contribution in [2.24, 2.45) is 10.8 Å². The Bertz CT molecular complexity index is 1140. The monoisotopic (exact) mass is 497 g/mol. The third kappa shape index (κ3) is 4.08. The van der Waals surface area contributed by atoms with Crippen molar-refractivity contribution in [2.45, 2.75) is 82.4 Å². The standard InChI is InChI=1S/C30H43NO3S/c1-7-9-17-29(18-10-8-2)22-35(32,33)27-16-13-24(31(4)5)21-26(27)28(3,30(29)19-20-30)23-11-14-25(34-6)15-12-23/h11-16,21H,7-10,17-20,22H2,1-6H3. The fourth-order valence-electron chi connectivity index (χ4n) is 7.12. The van der Waals surface area contributed by atoms with Crippen LogP contribution in [-0.2, 0) is 15.3 Å². The van der Waals surface area contributed by atoms with Gasteiger partial charge in [-0.15, -0.1) is 0 Å². The number of nitrogens with zero attached hydrogens (tertiary/aromatic N) is 1. The molecular formula is C30H43NO3S. The van der Waals surface area contributed by atoms with Gasteiger partial charge < -0.3 is 9.64 Å². The summed E-state index contributed by atoms with van der Waals surface area (Å²) in [7, 11) is 2.29. The molecule has 0 N–H and O–H groups in total. The highest BCUT2D eigenvalue weighted by Crippen LogP contribution is 2.75. The molecule has 1 unspecified atom stereocenters. The van der Waals surface area contributed by atoms with Gasteiger partial charge in [-0.05, 0) is 78.0 Å². The van der Waals surface area contributed by atoms with Crippen LogP contribution in [0.1, 0.15) is 83.3 Å². The molecule has 1 saturated carbocycles. The minimum atomic E-state index is -3.46. The normalized spacial score (nSPS) is 23.4. The molecule has 1 heterocycles. The van der Waals surface area contributed by atoms with Gasteiger partial charge in [-0.25, -0.2) is 8.42 Å². The molecule has 1 fully saturated rings. The lowest BCUT2D eigenvalue weighted by Crippen LogP contribution is -2.48. The summed E-state index contributed by atoms with van der Waals surface area (Å²) in [4.78, 5) is 2.61. The SMILES string of the molecule is CCCCC1(CCCC)CS(=O)(=O)c2ccc(N(C)C)cc2C(C)(c2ccc(OC)cc2)C12CC2. The van der Waals surface area contributed by atoms with E-state index in [-0.39, 0.29) is 16.6 Å². The molecule has 1 spiro atoms. The van der Waals surface area contributed by atoms with Crippen molar-refractivity contribution in [3.63, 3.8) is 0 Å². The number of fused-ring (bicyclic) bond motifs is 1. The van der Waals surface area contributed by atoms with Crippen molar-refractivity contribution in [3.05, 3.63) is 53.6 Å². The summed E-state index contributed by atoms with van der Waals surface area (Å²) in [6, 6.07) is 14.4. The number of methoxy groups -OCH3 is 1. The van der Waals surface area contributed by atoms with E-state index in [9.17, 15) is 8.42 Å². The second-order valence-electron chi connectivity index (χ2n) is 11.3. The van der Waals surface area contributed by atoms with Crippen LogP contribution in [0, 0.1) is 10.8 Å². The molecule has 0 saturated heterocycles. The van der Waals surface area contributed by atoms with Crippen molar-refractivity contribution in [3.8, 4) is 5.75 Å². The molecule has 5 heteroatoms. The number of ether oxygens (including phenoxy) is 1. The number of hydrogen-bond acceptors (Lipinski definition) is 4. The first-order valence-corrected chi connectivity index (χ1v) is 15.0. The molecule has 4 nitrogen and oxygen atoms in total. The Hall–Kier alpha value is -2.01. The highest BCUT2D eigenvalue weighted by molar-refractivity contribution is 7.91. The first-order chi connectivity index (χ1) is 16.6. The molecule has 2 aromatic rings. The Morgan fingerprint density at radius 1 is 0.943 bits per heavy atom. The van der Waals surface area contributed by atoms with E-state index in [4.69, 9.17) is 4.74 Å². The van der Waals surface area contributed by atoms with Gasteiger partial charge in [-0.2, -0.15) is 0 Å². The van der Waals surface area contributed by atoms with E-state index >= 15 is 0 Å². The van der Waals surface area contributed by atoms with Gasteiger partial charge >= 0.3 is 0 Å². The quantitative estimate of drug-likeness (QED) is 0.374. The van der Waals surface area contributed by atoms with Gasteiger partial charge in [0.1, 0.15) is 5.75 Å². The molecular weight excluding hydrogens is 454 g/mol. The van der Waals surface area contributed by atoms with Crippen molar-refractivity contribution < 1.29 is 13.2 Å². The van der Waals surface area contributed by atoms with Gasteiger partial charge in [-0.1, -0.05) is 58.6 Å². The van der Waals surface area contributed by atoms with Crippen molar-refractivity contribution >= 4 is 15.5 Å². The minimum absolute atomic E-state index is 0.0812. The van der Waals surface area contributed by atoms with E-state index in [1.165, 1.54) is 5.56 Å². The van der Waals surface area contributed by atoms with E-state index in [2.05, 4.69) is 43.9 Å². The summed E-state index contributed by atoms with van der Waals surface area (Å²) in [5.41, 5.74) is 2.49. The zero-order valence-electron chi connectivity index (χ0n) is 22.5. The Labute approximate surface area is 213 Å². The van der Waals surface area contributed by atoms with Gasteiger partial charge in [0.15, 0.2) is 9.84 Å². The molecule has 0 bridgehead atoms. The first-order valence-electron chi connectivity index (χ1n) is 13.3. The van der Waals surface area contributed by atoms with Crippen LogP contribution in [0.15, 0.2) is 47.4 Å². The summed E-state index contributed by atoms with van der Waals surface area (Å²) < 4.78 is 33.9. The molecule has 4 rings (SSSR count). The number of benzene rings is 2. The van der Waals surface area contributed by atoms with E-state index in [0.717, 1.165) is 68.4 Å². The second kappa shape index (κ2) is 9.46. The van der Waals surface area contributed by atoms with Crippen molar-refractivity contribution in [1.82, 2.24) is 0 Å². The summed E-state index contributed by atoms with van der Waals surface area (Å²) in [6.45, 7) is 6.78. The van der Waals surface area contributed by atoms with Crippen molar-refractivity contribution in [1.29, 1.82) is 0 Å². The number of unbranched alkanes of at least 4 members (excludes halogenated alkanes) is 2. The van der Waals surface area contributed by atoms with Crippen LogP contribution < -0.4 is 9.64 Å². The van der Waals surface area contributed by atoms with Crippen LogP contribution in [0.3, 0.4) is 0 Å². The second-order valence-corrected chi connectivity index (χ2v) is 13.2. The van der Waals surface area contributed by atoms with Crippen LogP contribution in [-0.4, -0.2) is 35.4 Å². The summed E-state index contributed by atoms with van der Waals surface area (Å²) >= 11 is 0. The lowest BCUT2D eigenvalue weighted by atomic mass is 9.52. The molecule has 0 amide bonds. The number of hydrogen-bond donors (Lipinski definition) is 0. The third-order valence-corrected chi connectivity index (χ3v) is 11.2. The first kappa shape index (κ1) is 26.1. The molecule has 2 aliphatic rings. The topological polar surface area (TPSA) is 46.6 Å². The number of sulfone groups is 1. The van der Waals surface area contributed by atoms with Gasteiger partial charge in [-0.3, -0.25) is 0 Å². The fraction of sp³-hybridized carbons (Fsp3) is 0.600. The molecule has 1 aliphatic carbocycles. The van der Waals surface area contributed by atoms with Crippen molar-refractivity contribution in [2.75, 3.05) is 31.9 Å². The highest BCUT2D eigenvalue weighted by Gasteiger charge is 2.70. The minimum Gasteiger partial charge on any atom is -0.497 e. The van der Waals surface area contributed by atoms with Crippen LogP contribution in [0.4, 0.5) is 5.69 Å². The maximum absolute atomic E-state index is 14.2. The largest absolute Gasteiger partial charge is 0.497 e. The molecule has 1 atom stereocenters. The number of rotatable bonds is 9. The molecule has 2 aromatic carbocycles. The van der Waals surface area contributed by atoms with E-state index in [1.54, 1.807) is 7.11 Å². The molecule has 1 aliphatic heterocycles. The van der Waals surface area contributed by atoms with Crippen LogP contribution in [0.25, 0.3) is 0 Å². The molecule has 35 heavy (non-hydrogen) atoms. The number of anilines is 1. The smallest absolute Gasteiger partial charge is 0.179 e. The highest BCUT2D eigenvalue weighted by atomic mass is 32.2. The average molecular weight is 498 g/mol. The summed E-state index contributed by atoms with van der Waals surface area (Å²) in [6.07, 6.45) is 8.40. The Kier molecular flexibility index (Phi) is 7.04. The molecule has 192 valence electrons. The Morgan fingerprint density at radius 2 is 1.54 bits per heavy atom. The van der Waals surface area contributed by atoms with Gasteiger partial charge in [0.25, 0.3) is 0 Å². The lowest BCUT2D eigenvalue weighted by Gasteiger charge is -2.50. The Morgan fingerprint density at radius 3 is 2.03 bits per heavy atom. The van der Waals surface area contributed by atoms with Gasteiger partial charge in [0, 0.05) is 25.2 Å². The maximum atomic E-state index is 14.2. The van der Waals surface area contributed by atoms with Crippen LogP contribution in [0.2, 0.25) is 0 Å². The van der Waals surface area contributed by atoms with Crippen LogP contribution >= 0.6 is 0 Å².